The van der Waals surface area contributed by atoms with Gasteiger partial charge in [-0.15, -0.1) is 11.3 Å². The molecule has 10 heteroatoms. The van der Waals surface area contributed by atoms with Crippen molar-refractivity contribution in [3.8, 4) is 0 Å². The second-order valence-electron chi connectivity index (χ2n) is 7.18. The minimum atomic E-state index is -3.66. The van der Waals surface area contributed by atoms with Crippen LogP contribution in [0.15, 0.2) is 28.5 Å². The van der Waals surface area contributed by atoms with E-state index in [9.17, 15) is 13.2 Å². The van der Waals surface area contributed by atoms with E-state index in [4.69, 9.17) is 4.74 Å². The summed E-state index contributed by atoms with van der Waals surface area (Å²) in [5, 5.41) is 5.81. The van der Waals surface area contributed by atoms with E-state index >= 15 is 0 Å². The summed E-state index contributed by atoms with van der Waals surface area (Å²) in [6.45, 7) is 8.96. The maximum Gasteiger partial charge on any atom is 0.243 e. The first-order chi connectivity index (χ1) is 14.9. The molecule has 0 radical (unpaired) electrons. The van der Waals surface area contributed by atoms with Gasteiger partial charge in [0.1, 0.15) is 0 Å². The number of carbonyl (C=O) groups is 1. The number of nitrogens with zero attached hydrogens (tertiary/aromatic N) is 3. The van der Waals surface area contributed by atoms with Gasteiger partial charge in [-0.1, -0.05) is 6.92 Å². The molecule has 0 aliphatic carbocycles. The number of hydrogen-bond acceptors (Lipinski definition) is 7. The topological polar surface area (TPSA) is 91.8 Å². The summed E-state index contributed by atoms with van der Waals surface area (Å²) >= 11 is 1.54. The summed E-state index contributed by atoms with van der Waals surface area (Å²) in [4.78, 5) is 19.5. The fourth-order valence-electron chi connectivity index (χ4n) is 3.50. The number of morpholine rings is 1. The number of hydrogen-bond donors (Lipinski definition) is 1. The molecule has 1 aliphatic heterocycles. The quantitative estimate of drug-likeness (QED) is 0.611. The van der Waals surface area contributed by atoms with Crippen LogP contribution in [0.4, 0.5) is 11.4 Å². The Labute approximate surface area is 188 Å². The zero-order chi connectivity index (χ0) is 22.4. The van der Waals surface area contributed by atoms with E-state index in [1.165, 1.54) is 4.31 Å². The third-order valence-electron chi connectivity index (χ3n) is 5.20. The first kappa shape index (κ1) is 23.6. The van der Waals surface area contributed by atoms with Crippen LogP contribution >= 0.6 is 11.3 Å². The number of aryl methyl sites for hydroxylation is 1. The minimum absolute atomic E-state index is 0.147. The van der Waals surface area contributed by atoms with Gasteiger partial charge in [-0.05, 0) is 38.5 Å². The minimum Gasteiger partial charge on any atom is -0.379 e. The zero-order valence-corrected chi connectivity index (χ0v) is 19.9. The summed E-state index contributed by atoms with van der Waals surface area (Å²) in [5.74, 6) is -0.220. The van der Waals surface area contributed by atoms with Crippen molar-refractivity contribution in [1.29, 1.82) is 0 Å². The first-order valence-electron chi connectivity index (χ1n) is 10.6. The number of thiazole rings is 1. The molecular formula is C21H30N4O4S2. The second-order valence-corrected chi connectivity index (χ2v) is 10.1. The molecule has 1 amide bonds. The fourth-order valence-corrected chi connectivity index (χ4v) is 5.68. The Hall–Kier alpha value is -2.01. The van der Waals surface area contributed by atoms with Gasteiger partial charge in [0.15, 0.2) is 0 Å². The molecule has 2 aromatic rings. The van der Waals surface area contributed by atoms with Gasteiger partial charge in [0.2, 0.25) is 15.9 Å². The van der Waals surface area contributed by atoms with E-state index < -0.39 is 10.0 Å². The normalized spacial score (nSPS) is 15.1. The lowest BCUT2D eigenvalue weighted by Crippen LogP contribution is -2.40. The van der Waals surface area contributed by atoms with Crippen LogP contribution in [0.25, 0.3) is 0 Å². The highest BCUT2D eigenvalue weighted by Gasteiger charge is 2.27. The van der Waals surface area contributed by atoms with Crippen LogP contribution in [-0.4, -0.2) is 63.0 Å². The molecule has 0 unspecified atom stereocenters. The molecule has 0 bridgehead atoms. The van der Waals surface area contributed by atoms with Crippen LogP contribution in [0, 0.1) is 0 Å². The van der Waals surface area contributed by atoms with Crippen molar-refractivity contribution in [1.82, 2.24) is 9.29 Å². The average molecular weight is 467 g/mol. The third-order valence-corrected chi connectivity index (χ3v) is 8.13. The van der Waals surface area contributed by atoms with Crippen molar-refractivity contribution < 1.29 is 17.9 Å². The van der Waals surface area contributed by atoms with Crippen LogP contribution in [0.5, 0.6) is 0 Å². The van der Waals surface area contributed by atoms with Crippen LogP contribution < -0.4 is 10.2 Å². The third kappa shape index (κ3) is 5.62. The molecule has 3 rings (SSSR count). The van der Waals surface area contributed by atoms with Gasteiger partial charge in [-0.3, -0.25) is 4.79 Å². The van der Waals surface area contributed by atoms with Crippen molar-refractivity contribution in [3.63, 3.8) is 0 Å². The highest BCUT2D eigenvalue weighted by molar-refractivity contribution is 7.89. The Morgan fingerprint density at radius 3 is 2.55 bits per heavy atom. The lowest BCUT2D eigenvalue weighted by molar-refractivity contribution is -0.115. The van der Waals surface area contributed by atoms with Crippen LogP contribution in [0.3, 0.4) is 0 Å². The molecule has 0 spiro atoms. The van der Waals surface area contributed by atoms with Gasteiger partial charge in [-0.25, -0.2) is 13.4 Å². The zero-order valence-electron chi connectivity index (χ0n) is 18.3. The number of carbonyl (C=O) groups excluding carboxylic acids is 1. The molecule has 170 valence electrons. The molecule has 8 nitrogen and oxygen atoms in total. The summed E-state index contributed by atoms with van der Waals surface area (Å²) < 4.78 is 32.9. The maximum atomic E-state index is 13.1. The summed E-state index contributed by atoms with van der Waals surface area (Å²) in [5.41, 5.74) is 2.02. The number of rotatable bonds is 9. The predicted molar refractivity (Wildman–Crippen MR) is 123 cm³/mol. The second kappa shape index (κ2) is 10.5. The Balaban J connectivity index is 1.89. The van der Waals surface area contributed by atoms with Crippen LogP contribution in [0.2, 0.25) is 0 Å². The number of amides is 1. The number of anilines is 2. The van der Waals surface area contributed by atoms with Crippen LogP contribution in [-0.2, 0) is 32.4 Å². The highest BCUT2D eigenvalue weighted by atomic mass is 32.2. The number of ether oxygens (including phenoxy) is 1. The summed E-state index contributed by atoms with van der Waals surface area (Å²) in [6, 6.07) is 4.95. The van der Waals surface area contributed by atoms with E-state index in [0.29, 0.717) is 32.0 Å². The molecule has 1 aromatic heterocycles. The van der Waals surface area contributed by atoms with Gasteiger partial charge in [0.05, 0.1) is 46.6 Å². The van der Waals surface area contributed by atoms with E-state index in [1.807, 2.05) is 26.2 Å². The molecule has 1 N–H and O–H groups in total. The van der Waals surface area contributed by atoms with Gasteiger partial charge in [0.25, 0.3) is 0 Å². The number of benzene rings is 1. The molecule has 0 saturated carbocycles. The van der Waals surface area contributed by atoms with Gasteiger partial charge in [0, 0.05) is 31.6 Å². The van der Waals surface area contributed by atoms with Crippen molar-refractivity contribution in [2.75, 3.05) is 49.6 Å². The van der Waals surface area contributed by atoms with Gasteiger partial charge >= 0.3 is 0 Å². The van der Waals surface area contributed by atoms with E-state index in [1.54, 1.807) is 29.5 Å². The SMILES string of the molecule is CCc1nc(CC(=O)Nc2cc(S(=O)(=O)N3CCOCC3)ccc2N(CC)CC)cs1. The Kier molecular flexibility index (Phi) is 8.04. The summed E-state index contributed by atoms with van der Waals surface area (Å²) in [7, 11) is -3.66. The Morgan fingerprint density at radius 1 is 1.23 bits per heavy atom. The molecule has 0 atom stereocenters. The van der Waals surface area contributed by atoms with Gasteiger partial charge < -0.3 is 15.0 Å². The van der Waals surface area contributed by atoms with Crippen molar-refractivity contribution in [3.05, 3.63) is 34.3 Å². The monoisotopic (exact) mass is 466 g/mol. The van der Waals surface area contributed by atoms with E-state index in [2.05, 4.69) is 15.2 Å². The summed E-state index contributed by atoms with van der Waals surface area (Å²) in [6.07, 6.45) is 0.981. The Morgan fingerprint density at radius 2 is 1.94 bits per heavy atom. The fraction of sp³-hybridized carbons (Fsp3) is 0.524. The molecule has 1 fully saturated rings. The average Bonchev–Trinajstić information content (AvgIpc) is 3.23. The lowest BCUT2D eigenvalue weighted by atomic mass is 10.2. The maximum absolute atomic E-state index is 13.1. The van der Waals surface area contributed by atoms with Gasteiger partial charge in [-0.2, -0.15) is 4.31 Å². The smallest absolute Gasteiger partial charge is 0.243 e. The lowest BCUT2D eigenvalue weighted by Gasteiger charge is -2.28. The number of sulfonamides is 1. The molecule has 2 heterocycles. The van der Waals surface area contributed by atoms with Crippen LogP contribution in [0.1, 0.15) is 31.5 Å². The van der Waals surface area contributed by atoms with E-state index in [0.717, 1.165) is 35.9 Å². The molecular weight excluding hydrogens is 436 g/mol. The molecule has 1 saturated heterocycles. The number of aromatic nitrogens is 1. The van der Waals surface area contributed by atoms with Crippen molar-refractivity contribution in [2.24, 2.45) is 0 Å². The number of nitrogens with one attached hydrogen (secondary N) is 1. The van der Waals surface area contributed by atoms with E-state index in [-0.39, 0.29) is 17.2 Å². The molecule has 31 heavy (non-hydrogen) atoms. The standard InChI is InChI=1S/C21H30N4O4S2/c1-4-21-22-16(15-30-21)13-20(26)23-18-14-17(7-8-19(18)24(5-2)6-3)31(27,28)25-9-11-29-12-10-25/h7-8,14-15H,4-6,9-13H2,1-3H3,(H,23,26). The first-order valence-corrected chi connectivity index (χ1v) is 12.9. The molecule has 1 aliphatic rings. The molecule has 1 aromatic carbocycles. The Bertz CT molecular complexity index is 997. The van der Waals surface area contributed by atoms with Crippen molar-refractivity contribution in [2.45, 2.75) is 38.5 Å². The predicted octanol–water partition coefficient (Wildman–Crippen LogP) is 2.75. The highest BCUT2D eigenvalue weighted by Crippen LogP contribution is 2.30. The van der Waals surface area contributed by atoms with Crippen molar-refractivity contribution >= 4 is 38.6 Å². The largest absolute Gasteiger partial charge is 0.379 e.